The summed E-state index contributed by atoms with van der Waals surface area (Å²) in [6.07, 6.45) is 0. The summed E-state index contributed by atoms with van der Waals surface area (Å²) in [5.41, 5.74) is 9.60. The molecule has 51 heavy (non-hydrogen) atoms. The van der Waals surface area contributed by atoms with Crippen molar-refractivity contribution in [2.75, 3.05) is 0 Å². The first-order chi connectivity index (χ1) is 25.3. The molecule has 238 valence electrons. The van der Waals surface area contributed by atoms with Gasteiger partial charge in [0.05, 0.1) is 0 Å². The maximum Gasteiger partial charge on any atom is 0.164 e. The monoisotopic (exact) mass is 651 g/mol. The van der Waals surface area contributed by atoms with Gasteiger partial charge in [-0.1, -0.05) is 152 Å². The molecule has 0 atom stereocenters. The largest absolute Gasteiger partial charge is 0.456 e. The molecule has 0 radical (unpaired) electrons. The van der Waals surface area contributed by atoms with Crippen LogP contribution in [-0.2, 0) is 0 Å². The second kappa shape index (κ2) is 11.9. The molecule has 1 aliphatic heterocycles. The molecule has 0 saturated heterocycles. The smallest absolute Gasteiger partial charge is 0.164 e. The lowest BCUT2D eigenvalue weighted by molar-refractivity contribution is 0.487. The average Bonchev–Trinajstić information content (AvgIpc) is 3.21. The van der Waals surface area contributed by atoms with Crippen molar-refractivity contribution in [3.8, 4) is 79.0 Å². The highest BCUT2D eigenvalue weighted by Crippen LogP contribution is 2.50. The van der Waals surface area contributed by atoms with E-state index in [1.807, 2.05) is 48.5 Å². The van der Waals surface area contributed by atoms with E-state index in [2.05, 4.69) is 127 Å². The normalized spacial score (nSPS) is 11.7. The highest BCUT2D eigenvalue weighted by molar-refractivity contribution is 6.13. The van der Waals surface area contributed by atoms with Crippen LogP contribution in [0.5, 0.6) is 11.5 Å². The summed E-state index contributed by atoms with van der Waals surface area (Å²) in [5, 5.41) is 4.72. The van der Waals surface area contributed by atoms with Gasteiger partial charge in [-0.25, -0.2) is 15.0 Å². The van der Waals surface area contributed by atoms with Crippen LogP contribution in [0, 0.1) is 0 Å². The number of ether oxygens (including phenoxy) is 1. The zero-order valence-corrected chi connectivity index (χ0v) is 27.5. The van der Waals surface area contributed by atoms with Gasteiger partial charge in [0.1, 0.15) is 11.5 Å². The van der Waals surface area contributed by atoms with E-state index in [1.165, 1.54) is 27.5 Å². The van der Waals surface area contributed by atoms with Crippen molar-refractivity contribution in [1.29, 1.82) is 0 Å². The standard InChI is InChI=1S/C47H29N3O/c1-3-11-30(12-4-1)31-21-23-34(24-22-31)46-48-45(33-14-5-2-6-15-33)49-47(50-46)35-25-27-42-41(29-35)40-20-10-19-39-38(26-28-43(51-42)44(39)40)37-18-9-16-32-13-7-8-17-36(32)37/h1-29H. The number of nitrogens with zero attached hydrogens (tertiary/aromatic N) is 3. The molecular formula is C47H29N3O. The zero-order valence-electron chi connectivity index (χ0n) is 27.5. The summed E-state index contributed by atoms with van der Waals surface area (Å²) in [4.78, 5) is 15.1. The fourth-order valence-corrected chi connectivity index (χ4v) is 7.26. The van der Waals surface area contributed by atoms with Crippen LogP contribution in [0.3, 0.4) is 0 Å². The van der Waals surface area contributed by atoms with Gasteiger partial charge in [-0.2, -0.15) is 0 Å². The molecule has 0 aliphatic carbocycles. The van der Waals surface area contributed by atoms with Crippen molar-refractivity contribution < 1.29 is 4.74 Å². The third-order valence-electron chi connectivity index (χ3n) is 9.75. The van der Waals surface area contributed by atoms with Gasteiger partial charge in [0.15, 0.2) is 17.5 Å². The Morgan fingerprint density at radius 1 is 0.314 bits per heavy atom. The topological polar surface area (TPSA) is 47.9 Å². The van der Waals surface area contributed by atoms with Crippen LogP contribution in [0.15, 0.2) is 176 Å². The molecule has 9 aromatic rings. The number of fused-ring (bicyclic) bond motifs is 3. The quantitative estimate of drug-likeness (QED) is 0.186. The lowest BCUT2D eigenvalue weighted by Gasteiger charge is -2.23. The summed E-state index contributed by atoms with van der Waals surface area (Å²) >= 11 is 0. The maximum absolute atomic E-state index is 6.60. The fourth-order valence-electron chi connectivity index (χ4n) is 7.26. The van der Waals surface area contributed by atoms with Crippen molar-refractivity contribution in [2.45, 2.75) is 0 Å². The Bertz CT molecular complexity index is 2750. The zero-order chi connectivity index (χ0) is 33.7. The number of rotatable bonds is 5. The molecule has 0 saturated carbocycles. The molecule has 10 rings (SSSR count). The fraction of sp³-hybridized carbons (Fsp3) is 0. The second-order valence-electron chi connectivity index (χ2n) is 12.8. The van der Waals surface area contributed by atoms with Crippen LogP contribution in [-0.4, -0.2) is 15.0 Å². The van der Waals surface area contributed by atoms with Gasteiger partial charge in [0.25, 0.3) is 0 Å². The minimum absolute atomic E-state index is 0.608. The molecule has 4 nitrogen and oxygen atoms in total. The molecule has 0 fully saturated rings. The molecular weight excluding hydrogens is 623 g/mol. The molecule has 2 heterocycles. The first-order valence-corrected chi connectivity index (χ1v) is 17.1. The van der Waals surface area contributed by atoms with Crippen LogP contribution in [0.2, 0.25) is 0 Å². The summed E-state index contributed by atoms with van der Waals surface area (Å²) in [6, 6.07) is 61.0. The minimum Gasteiger partial charge on any atom is -0.456 e. The van der Waals surface area contributed by atoms with Crippen molar-refractivity contribution in [1.82, 2.24) is 15.0 Å². The van der Waals surface area contributed by atoms with Gasteiger partial charge in [0.2, 0.25) is 0 Å². The van der Waals surface area contributed by atoms with E-state index < -0.39 is 0 Å². The molecule has 0 N–H and O–H groups in total. The van der Waals surface area contributed by atoms with Crippen LogP contribution in [0.4, 0.5) is 0 Å². The SMILES string of the molecule is c1ccc(-c2ccc(-c3nc(-c4ccccc4)nc(-c4ccc5c(c4)-c4cccc6c(-c7cccc8ccccc78)ccc(c46)O5)n3)cc2)cc1. The first kappa shape index (κ1) is 29.0. The van der Waals surface area contributed by atoms with Crippen LogP contribution in [0.25, 0.3) is 89.1 Å². The Labute approximate surface area is 295 Å². The van der Waals surface area contributed by atoms with Gasteiger partial charge < -0.3 is 4.74 Å². The third-order valence-corrected chi connectivity index (χ3v) is 9.75. The third kappa shape index (κ3) is 5.04. The van der Waals surface area contributed by atoms with Gasteiger partial charge in [-0.05, 0) is 68.2 Å². The molecule has 0 bridgehead atoms. The van der Waals surface area contributed by atoms with Gasteiger partial charge >= 0.3 is 0 Å². The number of benzene rings is 8. The summed E-state index contributed by atoms with van der Waals surface area (Å²) in [5.74, 6) is 3.53. The Morgan fingerprint density at radius 2 is 0.824 bits per heavy atom. The molecule has 8 aromatic carbocycles. The molecule has 4 heteroatoms. The molecule has 0 amide bonds. The van der Waals surface area contributed by atoms with E-state index in [0.717, 1.165) is 55.7 Å². The van der Waals surface area contributed by atoms with Crippen molar-refractivity contribution in [3.63, 3.8) is 0 Å². The number of aromatic nitrogens is 3. The Kier molecular flexibility index (Phi) is 6.78. The van der Waals surface area contributed by atoms with E-state index in [1.54, 1.807) is 0 Å². The average molecular weight is 652 g/mol. The van der Waals surface area contributed by atoms with Crippen LogP contribution < -0.4 is 4.74 Å². The van der Waals surface area contributed by atoms with E-state index >= 15 is 0 Å². The number of hydrogen-bond donors (Lipinski definition) is 0. The molecule has 0 unspecified atom stereocenters. The van der Waals surface area contributed by atoms with Crippen LogP contribution in [0.1, 0.15) is 0 Å². The number of hydrogen-bond acceptors (Lipinski definition) is 4. The van der Waals surface area contributed by atoms with Gasteiger partial charge in [0, 0.05) is 27.6 Å². The van der Waals surface area contributed by atoms with Gasteiger partial charge in [-0.3, -0.25) is 0 Å². The van der Waals surface area contributed by atoms with Crippen molar-refractivity contribution in [2.24, 2.45) is 0 Å². The predicted octanol–water partition coefficient (Wildman–Crippen LogP) is 12.3. The molecule has 0 spiro atoms. The Morgan fingerprint density at radius 3 is 1.61 bits per heavy atom. The second-order valence-corrected chi connectivity index (χ2v) is 12.8. The summed E-state index contributed by atoms with van der Waals surface area (Å²) in [7, 11) is 0. The highest BCUT2D eigenvalue weighted by atomic mass is 16.5. The van der Waals surface area contributed by atoms with E-state index in [0.29, 0.717) is 17.5 Å². The van der Waals surface area contributed by atoms with Crippen molar-refractivity contribution in [3.05, 3.63) is 176 Å². The Balaban J connectivity index is 1.11. The van der Waals surface area contributed by atoms with E-state index in [9.17, 15) is 0 Å². The predicted molar refractivity (Wildman–Crippen MR) is 208 cm³/mol. The minimum atomic E-state index is 0.608. The van der Waals surface area contributed by atoms with Gasteiger partial charge in [-0.15, -0.1) is 0 Å². The van der Waals surface area contributed by atoms with Crippen LogP contribution >= 0.6 is 0 Å². The molecule has 1 aromatic heterocycles. The summed E-state index contributed by atoms with van der Waals surface area (Å²) < 4.78 is 6.60. The molecule has 1 aliphatic rings. The maximum atomic E-state index is 6.60. The lowest BCUT2D eigenvalue weighted by Crippen LogP contribution is -2.02. The lowest BCUT2D eigenvalue weighted by atomic mass is 9.88. The highest BCUT2D eigenvalue weighted by Gasteiger charge is 2.23. The van der Waals surface area contributed by atoms with E-state index in [-0.39, 0.29) is 0 Å². The Hall–Kier alpha value is -6.91. The van der Waals surface area contributed by atoms with E-state index in [4.69, 9.17) is 19.7 Å². The summed E-state index contributed by atoms with van der Waals surface area (Å²) in [6.45, 7) is 0. The van der Waals surface area contributed by atoms with Crippen molar-refractivity contribution >= 4 is 21.5 Å². The first-order valence-electron chi connectivity index (χ1n) is 17.1.